The number of aliphatic carboxylic acids is 1. The fourth-order valence-electron chi connectivity index (χ4n) is 6.38. The molecule has 1 aromatic heterocycles. The van der Waals surface area contributed by atoms with Crippen LogP contribution in [0.2, 0.25) is 5.02 Å². The zero-order chi connectivity index (χ0) is 31.3. The first-order valence-electron chi connectivity index (χ1n) is 13.7. The molecule has 5 rings (SSSR count). The predicted molar refractivity (Wildman–Crippen MR) is 156 cm³/mol. The molecule has 2 fully saturated rings. The van der Waals surface area contributed by atoms with Crippen LogP contribution in [0.3, 0.4) is 0 Å². The highest BCUT2D eigenvalue weighted by molar-refractivity contribution is 7.90. The number of sulfonamides is 1. The van der Waals surface area contributed by atoms with Crippen molar-refractivity contribution in [3.63, 3.8) is 0 Å². The summed E-state index contributed by atoms with van der Waals surface area (Å²) in [6, 6.07) is 1.04. The molecule has 0 spiro atoms. The molecule has 0 radical (unpaired) electrons. The normalized spacial score (nSPS) is 26.8. The predicted octanol–water partition coefficient (Wildman–Crippen LogP) is 4.67. The molecule has 0 bridgehead atoms. The summed E-state index contributed by atoms with van der Waals surface area (Å²) in [4.78, 5) is 34.0. The average Bonchev–Trinajstić information content (AvgIpc) is 3.50. The summed E-state index contributed by atoms with van der Waals surface area (Å²) < 4.78 is 61.4. The van der Waals surface area contributed by atoms with E-state index in [1.807, 2.05) is 0 Å². The molecule has 43 heavy (non-hydrogen) atoms. The van der Waals surface area contributed by atoms with Gasteiger partial charge >= 0.3 is 11.9 Å². The highest BCUT2D eigenvalue weighted by Gasteiger charge is 2.61. The lowest BCUT2D eigenvalue weighted by molar-refractivity contribution is -0.154. The number of carboxylic acids is 1. The molecule has 1 aromatic carbocycles. The minimum absolute atomic E-state index is 0.0155. The number of amidine groups is 1. The largest absolute Gasteiger partial charge is 0.481 e. The smallest absolute Gasteiger partial charge is 0.338 e. The third-order valence-corrected chi connectivity index (χ3v) is 12.2. The van der Waals surface area contributed by atoms with Gasteiger partial charge in [0.1, 0.15) is 6.04 Å². The molecule has 2 aromatic rings. The Morgan fingerprint density at radius 3 is 2.49 bits per heavy atom. The van der Waals surface area contributed by atoms with Crippen LogP contribution in [0, 0.1) is 23.0 Å². The average molecular weight is 657 g/mol. The lowest BCUT2D eigenvalue weighted by Crippen LogP contribution is -2.61. The first-order chi connectivity index (χ1) is 20.2. The van der Waals surface area contributed by atoms with Gasteiger partial charge in [-0.15, -0.1) is 11.3 Å². The van der Waals surface area contributed by atoms with Gasteiger partial charge in [0.05, 0.1) is 27.4 Å². The van der Waals surface area contributed by atoms with Crippen molar-refractivity contribution in [1.82, 2.24) is 14.6 Å². The maximum atomic E-state index is 14.6. The van der Waals surface area contributed by atoms with Gasteiger partial charge in [-0.25, -0.2) is 31.3 Å². The fraction of sp³-hybridized carbons (Fsp3) is 0.500. The number of nitrogens with zero attached hydrogens (tertiary/aromatic N) is 3. The van der Waals surface area contributed by atoms with E-state index in [1.54, 1.807) is 32.3 Å². The second-order valence-corrected chi connectivity index (χ2v) is 15.2. The molecule has 2 N–H and O–H groups in total. The second-order valence-electron chi connectivity index (χ2n) is 11.5. The van der Waals surface area contributed by atoms with Crippen LogP contribution in [0.25, 0.3) is 0 Å². The van der Waals surface area contributed by atoms with Crippen molar-refractivity contribution in [2.75, 3.05) is 19.7 Å². The number of allylic oxidation sites excluding steroid dienone is 1. The van der Waals surface area contributed by atoms with Gasteiger partial charge in [0.25, 0.3) is 0 Å². The highest BCUT2D eigenvalue weighted by Crippen LogP contribution is 2.54. The SMILES string of the molecule is CCOC(=O)C1=C(C2CCN(S(=O)(=O)[C@]3(C)C[C@@](C)(C(=O)O)C3)CC2)NC(c2nccs2)=N[C@@H]1c1ccc(F)c(F)c1Cl. The standard InChI is InChI=1S/C28H31ClF2N4O6S2/c1-4-41-25(36)18-21(15-7-10-35(11-8-15)43(39,40)28(3)13-27(2,14-28)26(37)38)33-23(24-32-9-12-42-24)34-22(18)16-5-6-17(30)20(31)19(16)29/h5-6,9,12,15,22H,4,7-8,10-11,13-14H2,1-3H3,(H,33,34)(H,37,38)/t22-,27-,28-/m1/s1. The van der Waals surface area contributed by atoms with Crippen LogP contribution in [-0.4, -0.2) is 65.0 Å². The van der Waals surface area contributed by atoms with Crippen LogP contribution in [0.4, 0.5) is 8.78 Å². The molecule has 10 nitrogen and oxygen atoms in total. The van der Waals surface area contributed by atoms with Crippen molar-refractivity contribution < 1.29 is 36.6 Å². The molecule has 3 heterocycles. The van der Waals surface area contributed by atoms with Gasteiger partial charge in [-0.05, 0) is 52.5 Å². The van der Waals surface area contributed by atoms with E-state index < -0.39 is 54.8 Å². The first-order valence-corrected chi connectivity index (χ1v) is 16.4. The number of aromatic nitrogens is 1. The highest BCUT2D eigenvalue weighted by atomic mass is 35.5. The fourth-order valence-corrected chi connectivity index (χ4v) is 9.54. The van der Waals surface area contributed by atoms with Gasteiger partial charge in [-0.2, -0.15) is 0 Å². The van der Waals surface area contributed by atoms with E-state index in [1.165, 1.54) is 21.7 Å². The molecule has 232 valence electrons. The van der Waals surface area contributed by atoms with Crippen LogP contribution in [-0.2, 0) is 24.3 Å². The molecule has 3 aliphatic rings. The van der Waals surface area contributed by atoms with E-state index >= 15 is 0 Å². The Labute approximate surface area is 256 Å². The summed E-state index contributed by atoms with van der Waals surface area (Å²) in [5, 5.41) is 14.4. The van der Waals surface area contributed by atoms with Gasteiger partial charge in [0, 0.05) is 41.8 Å². The Balaban J connectivity index is 1.50. The number of hydrogen-bond acceptors (Lipinski definition) is 9. The number of carboxylic acid groups (broad SMARTS) is 1. The molecule has 1 atom stereocenters. The summed E-state index contributed by atoms with van der Waals surface area (Å²) >= 11 is 7.54. The number of hydrogen-bond donors (Lipinski definition) is 2. The molecule has 1 aliphatic carbocycles. The summed E-state index contributed by atoms with van der Waals surface area (Å²) in [5.41, 5.74) is -0.530. The van der Waals surface area contributed by atoms with Crippen molar-refractivity contribution in [2.45, 2.75) is 57.2 Å². The van der Waals surface area contributed by atoms with E-state index in [4.69, 9.17) is 16.3 Å². The van der Waals surface area contributed by atoms with Crippen LogP contribution >= 0.6 is 22.9 Å². The Morgan fingerprint density at radius 1 is 1.23 bits per heavy atom. The summed E-state index contributed by atoms with van der Waals surface area (Å²) in [6.45, 7) is 5.08. The Kier molecular flexibility index (Phi) is 8.44. The molecular formula is C28H31ClF2N4O6S2. The van der Waals surface area contributed by atoms with E-state index in [-0.39, 0.29) is 49.6 Å². The number of aliphatic imine (C=N–C) groups is 1. The van der Waals surface area contributed by atoms with Crippen molar-refractivity contribution in [2.24, 2.45) is 16.3 Å². The number of thiazole rings is 1. The molecular weight excluding hydrogens is 626 g/mol. The molecule has 1 saturated heterocycles. The first kappa shape index (κ1) is 31.5. The molecule has 0 amide bonds. The Bertz CT molecular complexity index is 1620. The van der Waals surface area contributed by atoms with Crippen LogP contribution in [0.1, 0.15) is 63.1 Å². The minimum Gasteiger partial charge on any atom is -0.481 e. The number of piperidine rings is 1. The number of ether oxygens (including phenoxy) is 1. The summed E-state index contributed by atoms with van der Waals surface area (Å²) in [5.74, 6) is -4.21. The lowest BCUT2D eigenvalue weighted by Gasteiger charge is -2.51. The van der Waals surface area contributed by atoms with Gasteiger partial charge in [0.2, 0.25) is 10.0 Å². The Hall–Kier alpha value is -2.94. The van der Waals surface area contributed by atoms with Gasteiger partial charge < -0.3 is 15.2 Å². The quantitative estimate of drug-likeness (QED) is 0.309. The number of benzene rings is 1. The van der Waals surface area contributed by atoms with E-state index in [2.05, 4.69) is 15.3 Å². The lowest BCUT2D eigenvalue weighted by atomic mass is 9.63. The van der Waals surface area contributed by atoms with Gasteiger partial charge in [-0.3, -0.25) is 9.79 Å². The third kappa shape index (κ3) is 5.47. The second kappa shape index (κ2) is 11.5. The van der Waals surface area contributed by atoms with Gasteiger partial charge in [-0.1, -0.05) is 17.7 Å². The van der Waals surface area contributed by atoms with Crippen molar-refractivity contribution >= 4 is 50.7 Å². The van der Waals surface area contributed by atoms with Crippen LogP contribution < -0.4 is 5.32 Å². The van der Waals surface area contributed by atoms with E-state index in [0.29, 0.717) is 29.4 Å². The molecule has 2 aliphatic heterocycles. The van der Waals surface area contributed by atoms with Crippen LogP contribution in [0.5, 0.6) is 0 Å². The van der Waals surface area contributed by atoms with Gasteiger partial charge in [0.15, 0.2) is 22.5 Å². The maximum absolute atomic E-state index is 14.6. The topological polar surface area (TPSA) is 138 Å². The van der Waals surface area contributed by atoms with Crippen molar-refractivity contribution in [1.29, 1.82) is 0 Å². The van der Waals surface area contributed by atoms with Crippen LogP contribution in [0.15, 0.2) is 40.0 Å². The molecule has 15 heteroatoms. The van der Waals surface area contributed by atoms with E-state index in [0.717, 1.165) is 6.07 Å². The number of rotatable bonds is 8. The van der Waals surface area contributed by atoms with E-state index in [9.17, 15) is 31.9 Å². The van der Waals surface area contributed by atoms with Crippen molar-refractivity contribution in [3.8, 4) is 0 Å². The summed E-state index contributed by atoms with van der Waals surface area (Å²) in [6.07, 6.45) is 2.25. The number of esters is 1. The maximum Gasteiger partial charge on any atom is 0.338 e. The zero-order valence-corrected chi connectivity index (χ0v) is 26.1. The zero-order valence-electron chi connectivity index (χ0n) is 23.7. The van der Waals surface area contributed by atoms with Crippen molar-refractivity contribution in [3.05, 3.63) is 62.2 Å². The number of carbonyl (C=O) groups excluding carboxylic acids is 1. The Morgan fingerprint density at radius 2 is 1.91 bits per heavy atom. The minimum atomic E-state index is -3.82. The molecule has 0 unspecified atom stereocenters. The number of carbonyl (C=O) groups is 2. The third-order valence-electron chi connectivity index (χ3n) is 8.43. The summed E-state index contributed by atoms with van der Waals surface area (Å²) in [7, 11) is -3.82. The monoisotopic (exact) mass is 656 g/mol. The number of nitrogens with one attached hydrogen (secondary N) is 1. The number of halogens is 3. The molecule has 1 saturated carbocycles.